The monoisotopic (exact) mass is 186 g/mol. The summed E-state index contributed by atoms with van der Waals surface area (Å²) in [6.45, 7) is 1.97. The van der Waals surface area contributed by atoms with E-state index >= 15 is 0 Å². The molecule has 0 saturated heterocycles. The molecule has 1 fully saturated rings. The molecular weight excluding hydrogens is 168 g/mol. The molecule has 3 nitrogen and oxygen atoms in total. The average Bonchev–Trinajstić information content (AvgIpc) is 2.52. The average molecular weight is 186 g/mol. The fourth-order valence-corrected chi connectivity index (χ4v) is 1.66. The number of methoxy groups -OCH3 is 1. The van der Waals surface area contributed by atoms with E-state index in [0.717, 1.165) is 25.7 Å². The van der Waals surface area contributed by atoms with Gasteiger partial charge in [-0.2, -0.15) is 0 Å². The quantitative estimate of drug-likeness (QED) is 0.588. The number of carbonyl (C=O) groups excluding carboxylic acids is 1. The molecule has 76 valence electrons. The van der Waals surface area contributed by atoms with Crippen molar-refractivity contribution in [1.82, 2.24) is 0 Å². The van der Waals surface area contributed by atoms with Crippen LogP contribution in [0.2, 0.25) is 0 Å². The second-order valence-corrected chi connectivity index (χ2v) is 3.45. The molecule has 1 atom stereocenters. The SMILES string of the molecule is COCCOCCC1CCCC1=O. The molecule has 0 radical (unpaired) electrons. The molecule has 0 aromatic rings. The van der Waals surface area contributed by atoms with Crippen molar-refractivity contribution in [2.24, 2.45) is 5.92 Å². The predicted octanol–water partition coefficient (Wildman–Crippen LogP) is 1.41. The molecular formula is C10H18O3. The highest BCUT2D eigenvalue weighted by atomic mass is 16.5. The maximum Gasteiger partial charge on any atom is 0.136 e. The van der Waals surface area contributed by atoms with Crippen LogP contribution in [0, 0.1) is 5.92 Å². The lowest BCUT2D eigenvalue weighted by Crippen LogP contribution is -2.11. The standard InChI is InChI=1S/C10H18O3/c1-12-7-8-13-6-5-9-3-2-4-10(9)11/h9H,2-8H2,1H3. The van der Waals surface area contributed by atoms with Gasteiger partial charge < -0.3 is 9.47 Å². The van der Waals surface area contributed by atoms with E-state index < -0.39 is 0 Å². The lowest BCUT2D eigenvalue weighted by atomic mass is 10.0. The molecule has 1 rings (SSSR count). The molecule has 0 heterocycles. The molecule has 1 aliphatic rings. The molecule has 0 bridgehead atoms. The first-order valence-electron chi connectivity index (χ1n) is 4.94. The summed E-state index contributed by atoms with van der Waals surface area (Å²) in [5, 5.41) is 0. The summed E-state index contributed by atoms with van der Waals surface area (Å²) in [5.74, 6) is 0.706. The third-order valence-electron chi connectivity index (χ3n) is 2.47. The van der Waals surface area contributed by atoms with Gasteiger partial charge in [0.1, 0.15) is 5.78 Å². The van der Waals surface area contributed by atoms with Gasteiger partial charge in [-0.3, -0.25) is 4.79 Å². The van der Waals surface area contributed by atoms with E-state index in [1.807, 2.05) is 0 Å². The predicted molar refractivity (Wildman–Crippen MR) is 49.7 cm³/mol. The zero-order chi connectivity index (χ0) is 9.52. The molecule has 3 heteroatoms. The van der Waals surface area contributed by atoms with Gasteiger partial charge in [-0.15, -0.1) is 0 Å². The van der Waals surface area contributed by atoms with Gasteiger partial charge in [-0.05, 0) is 19.3 Å². The first-order valence-corrected chi connectivity index (χ1v) is 4.94. The van der Waals surface area contributed by atoms with Crippen LogP contribution in [-0.4, -0.2) is 32.7 Å². The fraction of sp³-hybridized carbons (Fsp3) is 0.900. The van der Waals surface area contributed by atoms with E-state index in [1.54, 1.807) is 7.11 Å². The second kappa shape index (κ2) is 6.11. The lowest BCUT2D eigenvalue weighted by molar-refractivity contribution is -0.121. The van der Waals surface area contributed by atoms with Gasteiger partial charge in [-0.25, -0.2) is 0 Å². The third-order valence-corrected chi connectivity index (χ3v) is 2.47. The smallest absolute Gasteiger partial charge is 0.136 e. The maximum atomic E-state index is 11.2. The zero-order valence-corrected chi connectivity index (χ0v) is 8.25. The topological polar surface area (TPSA) is 35.5 Å². The summed E-state index contributed by atoms with van der Waals surface area (Å²) >= 11 is 0. The molecule has 0 aliphatic heterocycles. The number of ketones is 1. The fourth-order valence-electron chi connectivity index (χ4n) is 1.66. The first-order chi connectivity index (χ1) is 6.34. The Kier molecular flexibility index (Phi) is 5.01. The van der Waals surface area contributed by atoms with Crippen molar-refractivity contribution in [3.63, 3.8) is 0 Å². The van der Waals surface area contributed by atoms with Crippen molar-refractivity contribution >= 4 is 5.78 Å². The highest BCUT2D eigenvalue weighted by Gasteiger charge is 2.23. The molecule has 0 N–H and O–H groups in total. The number of carbonyl (C=O) groups is 1. The molecule has 0 spiro atoms. The Morgan fingerprint density at radius 2 is 2.23 bits per heavy atom. The van der Waals surface area contributed by atoms with Gasteiger partial charge in [-0.1, -0.05) is 0 Å². The minimum atomic E-state index is 0.280. The van der Waals surface area contributed by atoms with Crippen LogP contribution in [0.1, 0.15) is 25.7 Å². The van der Waals surface area contributed by atoms with Gasteiger partial charge in [0, 0.05) is 26.1 Å². The van der Waals surface area contributed by atoms with Crippen LogP contribution in [0.15, 0.2) is 0 Å². The van der Waals surface area contributed by atoms with E-state index in [9.17, 15) is 4.79 Å². The summed E-state index contributed by atoms with van der Waals surface area (Å²) in [7, 11) is 1.66. The first kappa shape index (κ1) is 10.7. The van der Waals surface area contributed by atoms with Gasteiger partial charge in [0.2, 0.25) is 0 Å². The van der Waals surface area contributed by atoms with E-state index in [-0.39, 0.29) is 5.92 Å². The Labute approximate surface area is 79.4 Å². The highest BCUT2D eigenvalue weighted by molar-refractivity contribution is 5.82. The summed E-state index contributed by atoms with van der Waals surface area (Å²) in [6.07, 6.45) is 3.80. The van der Waals surface area contributed by atoms with Crippen molar-refractivity contribution in [2.45, 2.75) is 25.7 Å². The van der Waals surface area contributed by atoms with E-state index in [2.05, 4.69) is 0 Å². The molecule has 1 aliphatic carbocycles. The maximum absolute atomic E-state index is 11.2. The zero-order valence-electron chi connectivity index (χ0n) is 8.25. The summed E-state index contributed by atoms with van der Waals surface area (Å²) in [5.41, 5.74) is 0. The van der Waals surface area contributed by atoms with Gasteiger partial charge in [0.25, 0.3) is 0 Å². The lowest BCUT2D eigenvalue weighted by Gasteiger charge is -2.07. The minimum Gasteiger partial charge on any atom is -0.382 e. The largest absolute Gasteiger partial charge is 0.382 e. The van der Waals surface area contributed by atoms with Crippen molar-refractivity contribution in [3.8, 4) is 0 Å². The Balaban J connectivity index is 1.96. The summed E-state index contributed by atoms with van der Waals surface area (Å²) in [4.78, 5) is 11.2. The van der Waals surface area contributed by atoms with Crippen LogP contribution >= 0.6 is 0 Å². The van der Waals surface area contributed by atoms with Crippen molar-refractivity contribution in [1.29, 1.82) is 0 Å². The molecule has 1 unspecified atom stereocenters. The number of rotatable bonds is 6. The molecule has 0 amide bonds. The molecule has 13 heavy (non-hydrogen) atoms. The molecule has 0 aromatic heterocycles. The van der Waals surface area contributed by atoms with Gasteiger partial charge in [0.05, 0.1) is 13.2 Å². The number of hydrogen-bond donors (Lipinski definition) is 0. The minimum absolute atomic E-state index is 0.280. The van der Waals surface area contributed by atoms with Gasteiger partial charge in [0.15, 0.2) is 0 Å². The number of Topliss-reactive ketones (excluding diaryl/α,β-unsaturated/α-hetero) is 1. The summed E-state index contributed by atoms with van der Waals surface area (Å²) < 4.78 is 10.2. The Morgan fingerprint density at radius 3 is 2.85 bits per heavy atom. The van der Waals surface area contributed by atoms with Crippen LogP contribution in [0.3, 0.4) is 0 Å². The van der Waals surface area contributed by atoms with Crippen LogP contribution in [0.4, 0.5) is 0 Å². The van der Waals surface area contributed by atoms with Crippen LogP contribution < -0.4 is 0 Å². The normalized spacial score (nSPS) is 22.5. The highest BCUT2D eigenvalue weighted by Crippen LogP contribution is 2.23. The van der Waals surface area contributed by atoms with Crippen LogP contribution in [-0.2, 0) is 14.3 Å². The van der Waals surface area contributed by atoms with Gasteiger partial charge >= 0.3 is 0 Å². The Morgan fingerprint density at radius 1 is 1.38 bits per heavy atom. The second-order valence-electron chi connectivity index (χ2n) is 3.45. The number of ether oxygens (including phenoxy) is 2. The van der Waals surface area contributed by atoms with Crippen molar-refractivity contribution in [3.05, 3.63) is 0 Å². The Bertz CT molecular complexity index is 156. The van der Waals surface area contributed by atoms with E-state index in [1.165, 1.54) is 0 Å². The van der Waals surface area contributed by atoms with Crippen molar-refractivity contribution < 1.29 is 14.3 Å². The van der Waals surface area contributed by atoms with E-state index in [4.69, 9.17) is 9.47 Å². The van der Waals surface area contributed by atoms with Crippen LogP contribution in [0.25, 0.3) is 0 Å². The third kappa shape index (κ3) is 3.87. The van der Waals surface area contributed by atoms with E-state index in [0.29, 0.717) is 25.6 Å². The number of hydrogen-bond acceptors (Lipinski definition) is 3. The molecule has 0 aromatic carbocycles. The Hall–Kier alpha value is -0.410. The van der Waals surface area contributed by atoms with Crippen molar-refractivity contribution in [2.75, 3.05) is 26.9 Å². The summed E-state index contributed by atoms with van der Waals surface area (Å²) in [6, 6.07) is 0. The van der Waals surface area contributed by atoms with Crippen LogP contribution in [0.5, 0.6) is 0 Å². The molecule has 1 saturated carbocycles.